The molecular formula is C26H25N3O4. The van der Waals surface area contributed by atoms with E-state index in [1.807, 2.05) is 65.6 Å². The van der Waals surface area contributed by atoms with Gasteiger partial charge in [-0.2, -0.15) is 0 Å². The van der Waals surface area contributed by atoms with Gasteiger partial charge in [-0.25, -0.2) is 0 Å². The Morgan fingerprint density at radius 2 is 1.45 bits per heavy atom. The van der Waals surface area contributed by atoms with Gasteiger partial charge in [0.05, 0.1) is 10.6 Å². The first-order valence-corrected chi connectivity index (χ1v) is 11.0. The predicted molar refractivity (Wildman–Crippen MR) is 127 cm³/mol. The Morgan fingerprint density at radius 3 is 2.06 bits per heavy atom. The molecule has 33 heavy (non-hydrogen) atoms. The summed E-state index contributed by atoms with van der Waals surface area (Å²) in [5.74, 6) is -0.642. The van der Waals surface area contributed by atoms with Gasteiger partial charge >= 0.3 is 0 Å². The zero-order valence-corrected chi connectivity index (χ0v) is 18.2. The molecule has 0 aliphatic carbocycles. The summed E-state index contributed by atoms with van der Waals surface area (Å²) in [6.45, 7) is 1.07. The summed E-state index contributed by atoms with van der Waals surface area (Å²) in [7, 11) is 0. The minimum absolute atomic E-state index is 0.123. The number of carbonyl (C=O) groups excluding carboxylic acids is 2. The van der Waals surface area contributed by atoms with Gasteiger partial charge in [0.2, 0.25) is 11.8 Å². The lowest BCUT2D eigenvalue weighted by atomic mass is 10.1. The molecule has 1 aliphatic heterocycles. The highest BCUT2D eigenvalue weighted by atomic mass is 16.6. The lowest BCUT2D eigenvalue weighted by molar-refractivity contribution is -0.384. The smallest absolute Gasteiger partial charge is 0.294 e. The van der Waals surface area contributed by atoms with Crippen molar-refractivity contribution in [3.8, 4) is 0 Å². The van der Waals surface area contributed by atoms with Crippen molar-refractivity contribution >= 4 is 28.9 Å². The van der Waals surface area contributed by atoms with Crippen LogP contribution in [-0.4, -0.2) is 23.3 Å². The Kier molecular flexibility index (Phi) is 6.78. The van der Waals surface area contributed by atoms with Crippen molar-refractivity contribution < 1.29 is 14.5 Å². The zero-order valence-electron chi connectivity index (χ0n) is 18.2. The van der Waals surface area contributed by atoms with Gasteiger partial charge in [-0.1, -0.05) is 60.7 Å². The summed E-state index contributed by atoms with van der Waals surface area (Å²) in [6.07, 6.45) is 1.76. The molecule has 3 aromatic carbocycles. The summed E-state index contributed by atoms with van der Waals surface area (Å²) in [6, 6.07) is 24.4. The average molecular weight is 444 g/mol. The molecule has 0 aromatic heterocycles. The molecule has 0 atom stereocenters. The Morgan fingerprint density at radius 1 is 0.848 bits per heavy atom. The molecule has 1 aliphatic rings. The molecule has 1 saturated heterocycles. The molecule has 3 aromatic rings. The van der Waals surface area contributed by atoms with Crippen molar-refractivity contribution in [2.45, 2.75) is 32.2 Å². The SMILES string of the molecule is O=C1CCCC(=O)N1c1ccc(N(CCc2ccccc2)Cc2ccccc2)c([N+](=O)[O-])c1. The zero-order chi connectivity index (χ0) is 23.2. The minimum atomic E-state index is -0.446. The van der Waals surface area contributed by atoms with Gasteiger partial charge in [-0.05, 0) is 36.1 Å². The van der Waals surface area contributed by atoms with Crippen LogP contribution in [-0.2, 0) is 22.6 Å². The van der Waals surface area contributed by atoms with Gasteiger partial charge in [0.15, 0.2) is 0 Å². The van der Waals surface area contributed by atoms with E-state index in [1.54, 1.807) is 12.1 Å². The monoisotopic (exact) mass is 443 g/mol. The van der Waals surface area contributed by atoms with Crippen LogP contribution in [0.3, 0.4) is 0 Å². The molecule has 168 valence electrons. The minimum Gasteiger partial charge on any atom is -0.361 e. The first kappa shape index (κ1) is 22.2. The highest BCUT2D eigenvalue weighted by Crippen LogP contribution is 2.35. The van der Waals surface area contributed by atoms with Crippen molar-refractivity contribution in [2.75, 3.05) is 16.3 Å². The van der Waals surface area contributed by atoms with Gasteiger partial charge in [0, 0.05) is 32.0 Å². The number of carbonyl (C=O) groups is 2. The van der Waals surface area contributed by atoms with Crippen LogP contribution in [0.5, 0.6) is 0 Å². The molecule has 0 unspecified atom stereocenters. The van der Waals surface area contributed by atoms with Crippen LogP contribution in [0.15, 0.2) is 78.9 Å². The standard InChI is InChI=1S/C26H25N3O4/c30-25-12-7-13-26(31)28(25)22-14-15-23(24(18-22)29(32)33)27(19-21-10-5-2-6-11-21)17-16-20-8-3-1-4-9-20/h1-6,8-11,14-15,18H,7,12-13,16-17,19H2. The fourth-order valence-corrected chi connectivity index (χ4v) is 4.10. The van der Waals surface area contributed by atoms with Crippen LogP contribution in [0.25, 0.3) is 0 Å². The number of amides is 2. The predicted octanol–water partition coefficient (Wildman–Crippen LogP) is 4.89. The second-order valence-electron chi connectivity index (χ2n) is 8.05. The molecule has 0 saturated carbocycles. The van der Waals surface area contributed by atoms with E-state index in [1.165, 1.54) is 6.07 Å². The number of rotatable bonds is 8. The number of imide groups is 1. The molecule has 2 amide bonds. The first-order chi connectivity index (χ1) is 16.0. The number of anilines is 2. The maximum atomic E-state index is 12.3. The molecule has 0 spiro atoms. The van der Waals surface area contributed by atoms with Gasteiger partial charge in [0.1, 0.15) is 5.69 Å². The summed E-state index contributed by atoms with van der Waals surface area (Å²) in [4.78, 5) is 39.3. The molecule has 1 fully saturated rings. The first-order valence-electron chi connectivity index (χ1n) is 11.0. The van der Waals surface area contributed by atoms with Gasteiger partial charge in [-0.3, -0.25) is 24.6 Å². The van der Waals surface area contributed by atoms with Crippen molar-refractivity contribution in [3.63, 3.8) is 0 Å². The van der Waals surface area contributed by atoms with E-state index in [0.717, 1.165) is 22.4 Å². The van der Waals surface area contributed by atoms with Crippen LogP contribution in [0.1, 0.15) is 30.4 Å². The highest BCUT2D eigenvalue weighted by Gasteiger charge is 2.30. The average Bonchev–Trinajstić information content (AvgIpc) is 2.83. The van der Waals surface area contributed by atoms with Crippen LogP contribution < -0.4 is 9.80 Å². The summed E-state index contributed by atoms with van der Waals surface area (Å²) in [5, 5.41) is 12.0. The van der Waals surface area contributed by atoms with Gasteiger partial charge in [-0.15, -0.1) is 0 Å². The second kappa shape index (κ2) is 10.1. The van der Waals surface area contributed by atoms with Crippen LogP contribution in [0.2, 0.25) is 0 Å². The lowest BCUT2D eigenvalue weighted by Gasteiger charge is -2.27. The number of nitro groups is 1. The Labute approximate surface area is 192 Å². The third-order valence-electron chi connectivity index (χ3n) is 5.76. The van der Waals surface area contributed by atoms with Crippen molar-refractivity contribution in [3.05, 3.63) is 100 Å². The van der Waals surface area contributed by atoms with E-state index in [9.17, 15) is 19.7 Å². The number of nitro benzene ring substituents is 1. The quantitative estimate of drug-likeness (QED) is 0.281. The van der Waals surface area contributed by atoms with E-state index in [0.29, 0.717) is 25.2 Å². The number of hydrogen-bond donors (Lipinski definition) is 0. The largest absolute Gasteiger partial charge is 0.361 e. The Hall–Kier alpha value is -4.00. The van der Waals surface area contributed by atoms with Crippen molar-refractivity contribution in [1.29, 1.82) is 0 Å². The highest BCUT2D eigenvalue weighted by molar-refractivity contribution is 6.16. The number of piperidine rings is 1. The molecule has 0 radical (unpaired) electrons. The van der Waals surface area contributed by atoms with E-state index < -0.39 is 4.92 Å². The van der Waals surface area contributed by atoms with E-state index in [2.05, 4.69) is 0 Å². The maximum absolute atomic E-state index is 12.3. The third kappa shape index (κ3) is 5.26. The normalized spacial score (nSPS) is 13.8. The van der Waals surface area contributed by atoms with E-state index >= 15 is 0 Å². The van der Waals surface area contributed by atoms with E-state index in [4.69, 9.17) is 0 Å². The molecule has 7 heteroatoms. The topological polar surface area (TPSA) is 83.8 Å². The Bertz CT molecular complexity index is 1130. The number of hydrogen-bond acceptors (Lipinski definition) is 5. The van der Waals surface area contributed by atoms with Crippen LogP contribution in [0, 0.1) is 10.1 Å². The summed E-state index contributed by atoms with van der Waals surface area (Å²) < 4.78 is 0. The van der Waals surface area contributed by atoms with Crippen LogP contribution in [0.4, 0.5) is 17.1 Å². The molecule has 0 bridgehead atoms. The third-order valence-corrected chi connectivity index (χ3v) is 5.76. The molecule has 1 heterocycles. The van der Waals surface area contributed by atoms with Gasteiger partial charge < -0.3 is 4.90 Å². The number of benzene rings is 3. The van der Waals surface area contributed by atoms with E-state index in [-0.39, 0.29) is 36.0 Å². The van der Waals surface area contributed by atoms with Gasteiger partial charge in [0.25, 0.3) is 5.69 Å². The fraction of sp³-hybridized carbons (Fsp3) is 0.231. The van der Waals surface area contributed by atoms with Crippen molar-refractivity contribution in [1.82, 2.24) is 0 Å². The summed E-state index contributed by atoms with van der Waals surface area (Å²) >= 11 is 0. The molecule has 7 nitrogen and oxygen atoms in total. The number of nitrogens with zero attached hydrogens (tertiary/aromatic N) is 3. The fourth-order valence-electron chi connectivity index (χ4n) is 4.10. The maximum Gasteiger partial charge on any atom is 0.294 e. The molecule has 0 N–H and O–H groups in total. The molecular weight excluding hydrogens is 418 g/mol. The summed E-state index contributed by atoms with van der Waals surface area (Å²) in [5.41, 5.74) is 2.76. The second-order valence-corrected chi connectivity index (χ2v) is 8.05. The Balaban J connectivity index is 1.69. The van der Waals surface area contributed by atoms with Crippen LogP contribution >= 0.6 is 0 Å². The lowest BCUT2D eigenvalue weighted by Crippen LogP contribution is -2.40. The van der Waals surface area contributed by atoms with Crippen molar-refractivity contribution in [2.24, 2.45) is 0 Å². The molecule has 4 rings (SSSR count).